The third kappa shape index (κ3) is 3.74. The highest BCUT2D eigenvalue weighted by Gasteiger charge is 2.33. The summed E-state index contributed by atoms with van der Waals surface area (Å²) in [5, 5.41) is 10.1. The molecular formula is C25H25N5O3. The van der Waals surface area contributed by atoms with E-state index < -0.39 is 0 Å². The van der Waals surface area contributed by atoms with Crippen molar-refractivity contribution in [1.82, 2.24) is 14.9 Å². The zero-order chi connectivity index (χ0) is 22.9. The van der Waals surface area contributed by atoms with E-state index in [1.54, 1.807) is 11.8 Å². The molecule has 0 N–H and O–H groups in total. The van der Waals surface area contributed by atoms with Gasteiger partial charge in [-0.2, -0.15) is 5.26 Å². The smallest absolute Gasteiger partial charge is 0.291 e. The molecule has 0 bridgehead atoms. The Bertz CT molecular complexity index is 1230. The van der Waals surface area contributed by atoms with Gasteiger partial charge in [0.05, 0.1) is 30.2 Å². The molecule has 2 aliphatic heterocycles. The van der Waals surface area contributed by atoms with Crippen LogP contribution in [0.2, 0.25) is 0 Å². The number of aromatic nitrogens is 2. The molecule has 1 aromatic carbocycles. The van der Waals surface area contributed by atoms with E-state index in [-0.39, 0.29) is 17.7 Å². The molecule has 4 heterocycles. The molecule has 8 nitrogen and oxygen atoms in total. The number of anilines is 1. The summed E-state index contributed by atoms with van der Waals surface area (Å²) in [5.41, 5.74) is 5.10. The summed E-state index contributed by atoms with van der Waals surface area (Å²) in [7, 11) is 0. The van der Waals surface area contributed by atoms with Gasteiger partial charge in [0.25, 0.3) is 5.91 Å². The second kappa shape index (κ2) is 8.68. The Kier molecular flexibility index (Phi) is 5.56. The first-order valence-electron chi connectivity index (χ1n) is 11.1. The van der Waals surface area contributed by atoms with Gasteiger partial charge >= 0.3 is 0 Å². The second-order valence-corrected chi connectivity index (χ2v) is 8.46. The number of fused-ring (bicyclic) bond motifs is 1. The molecule has 2 aliphatic rings. The number of hydrogen-bond acceptors (Lipinski definition) is 7. The van der Waals surface area contributed by atoms with E-state index in [4.69, 9.17) is 14.1 Å². The number of oxazole rings is 1. The van der Waals surface area contributed by atoms with E-state index in [1.807, 2.05) is 37.3 Å². The molecule has 0 saturated carbocycles. The number of nitrogens with zero attached hydrogens (tertiary/aromatic N) is 5. The van der Waals surface area contributed by atoms with Crippen LogP contribution in [0.25, 0.3) is 11.3 Å². The Morgan fingerprint density at radius 1 is 1.21 bits per heavy atom. The van der Waals surface area contributed by atoms with Gasteiger partial charge in [0.2, 0.25) is 5.76 Å². The summed E-state index contributed by atoms with van der Waals surface area (Å²) in [4.78, 5) is 26.0. The maximum atomic E-state index is 13.0. The van der Waals surface area contributed by atoms with Gasteiger partial charge in [-0.1, -0.05) is 30.3 Å². The monoisotopic (exact) mass is 443 g/mol. The average Bonchev–Trinajstić information content (AvgIpc) is 3.28. The lowest BCUT2D eigenvalue weighted by atomic mass is 9.93. The van der Waals surface area contributed by atoms with Crippen LogP contribution in [-0.2, 0) is 17.8 Å². The highest BCUT2D eigenvalue weighted by Crippen LogP contribution is 2.35. The van der Waals surface area contributed by atoms with Crippen LogP contribution in [-0.4, -0.2) is 53.1 Å². The van der Waals surface area contributed by atoms with Crippen LogP contribution in [0.3, 0.4) is 0 Å². The summed E-state index contributed by atoms with van der Waals surface area (Å²) in [6.45, 7) is 6.48. The fraction of sp³-hybridized carbons (Fsp3) is 0.360. The van der Waals surface area contributed by atoms with Crippen molar-refractivity contribution in [2.75, 3.05) is 31.1 Å². The van der Waals surface area contributed by atoms with Gasteiger partial charge in [-0.3, -0.25) is 4.79 Å². The van der Waals surface area contributed by atoms with Crippen LogP contribution in [0.5, 0.6) is 0 Å². The van der Waals surface area contributed by atoms with Crippen LogP contribution >= 0.6 is 0 Å². The predicted molar refractivity (Wildman–Crippen MR) is 122 cm³/mol. The van der Waals surface area contributed by atoms with Gasteiger partial charge in [-0.25, -0.2) is 9.97 Å². The van der Waals surface area contributed by atoms with E-state index >= 15 is 0 Å². The molecule has 2 aromatic heterocycles. The van der Waals surface area contributed by atoms with Crippen molar-refractivity contribution in [3.05, 3.63) is 64.9 Å². The number of piperazine rings is 1. The molecule has 5 rings (SSSR count). The summed E-state index contributed by atoms with van der Waals surface area (Å²) in [5.74, 6) is 0.816. The lowest BCUT2D eigenvalue weighted by molar-refractivity contribution is 0.0640. The fourth-order valence-corrected chi connectivity index (χ4v) is 4.71. The van der Waals surface area contributed by atoms with Crippen molar-refractivity contribution >= 4 is 11.7 Å². The SMILES string of the molecule is Cc1ncoc1C(=O)N1CCN(c2nc(-c3ccccc3)c3c(c2C#N)CCOC3)CC1C. The van der Waals surface area contributed by atoms with Crippen LogP contribution in [0.15, 0.2) is 41.1 Å². The van der Waals surface area contributed by atoms with E-state index in [2.05, 4.69) is 16.0 Å². The Labute approximate surface area is 192 Å². The first kappa shape index (κ1) is 21.2. The molecule has 3 aromatic rings. The molecule has 168 valence electrons. The lowest BCUT2D eigenvalue weighted by Crippen LogP contribution is -2.54. The maximum Gasteiger partial charge on any atom is 0.291 e. The van der Waals surface area contributed by atoms with Crippen molar-refractivity contribution in [2.45, 2.75) is 32.9 Å². The van der Waals surface area contributed by atoms with Crippen LogP contribution in [0.1, 0.15) is 39.9 Å². The van der Waals surface area contributed by atoms with Gasteiger partial charge in [0.15, 0.2) is 6.39 Å². The Morgan fingerprint density at radius 2 is 2.03 bits per heavy atom. The van der Waals surface area contributed by atoms with Crippen molar-refractivity contribution < 1.29 is 13.9 Å². The van der Waals surface area contributed by atoms with E-state index in [0.29, 0.717) is 56.3 Å². The van der Waals surface area contributed by atoms with Crippen molar-refractivity contribution in [3.63, 3.8) is 0 Å². The van der Waals surface area contributed by atoms with Gasteiger partial charge in [0, 0.05) is 36.8 Å². The summed E-state index contributed by atoms with van der Waals surface area (Å²) in [6.07, 6.45) is 1.99. The number of rotatable bonds is 3. The van der Waals surface area contributed by atoms with Crippen molar-refractivity contribution in [1.29, 1.82) is 5.26 Å². The minimum atomic E-state index is -0.154. The highest BCUT2D eigenvalue weighted by molar-refractivity contribution is 5.92. The summed E-state index contributed by atoms with van der Waals surface area (Å²) < 4.78 is 11.0. The number of ether oxygens (including phenoxy) is 1. The van der Waals surface area contributed by atoms with Crippen LogP contribution in [0.4, 0.5) is 5.82 Å². The summed E-state index contributed by atoms with van der Waals surface area (Å²) >= 11 is 0. The standard InChI is InChI=1S/C25H25N5O3/c1-16-13-29(9-10-30(16)25(31)23-17(2)27-15-33-23)24-20(12-26)19-8-11-32-14-21(19)22(28-24)18-6-4-3-5-7-18/h3-7,15-16H,8-11,13-14H2,1-2H3. The van der Waals surface area contributed by atoms with E-state index in [0.717, 1.165) is 22.4 Å². The fourth-order valence-electron chi connectivity index (χ4n) is 4.71. The molecule has 0 spiro atoms. The normalized spacial score (nSPS) is 18.0. The van der Waals surface area contributed by atoms with Gasteiger partial charge in [-0.05, 0) is 25.8 Å². The molecule has 0 radical (unpaired) electrons. The number of amides is 1. The first-order valence-corrected chi connectivity index (χ1v) is 11.1. The number of pyridine rings is 1. The average molecular weight is 444 g/mol. The van der Waals surface area contributed by atoms with Crippen LogP contribution < -0.4 is 4.90 Å². The van der Waals surface area contributed by atoms with E-state index in [9.17, 15) is 10.1 Å². The minimum absolute atomic E-state index is 0.0800. The van der Waals surface area contributed by atoms with Crippen molar-refractivity contribution in [2.24, 2.45) is 0 Å². The minimum Gasteiger partial charge on any atom is -0.438 e. The largest absolute Gasteiger partial charge is 0.438 e. The Hall–Kier alpha value is -3.70. The molecule has 1 saturated heterocycles. The van der Waals surface area contributed by atoms with Gasteiger partial charge in [-0.15, -0.1) is 0 Å². The number of carbonyl (C=O) groups excluding carboxylic acids is 1. The number of aryl methyl sites for hydroxylation is 1. The second-order valence-electron chi connectivity index (χ2n) is 8.46. The first-order chi connectivity index (χ1) is 16.1. The molecule has 1 unspecified atom stereocenters. The molecule has 33 heavy (non-hydrogen) atoms. The molecule has 1 atom stereocenters. The zero-order valence-corrected chi connectivity index (χ0v) is 18.7. The van der Waals surface area contributed by atoms with Crippen molar-refractivity contribution in [3.8, 4) is 17.3 Å². The number of nitriles is 1. The lowest BCUT2D eigenvalue weighted by Gasteiger charge is -2.40. The topological polar surface area (TPSA) is 95.5 Å². The van der Waals surface area contributed by atoms with Gasteiger partial charge < -0.3 is 19.0 Å². The molecule has 0 aliphatic carbocycles. The number of benzene rings is 1. The number of hydrogen-bond donors (Lipinski definition) is 0. The molecule has 1 fully saturated rings. The highest BCUT2D eigenvalue weighted by atomic mass is 16.5. The number of carbonyl (C=O) groups is 1. The third-order valence-electron chi connectivity index (χ3n) is 6.42. The molecular weight excluding hydrogens is 418 g/mol. The summed E-state index contributed by atoms with van der Waals surface area (Å²) in [6, 6.07) is 12.4. The molecule has 1 amide bonds. The Morgan fingerprint density at radius 3 is 2.73 bits per heavy atom. The molecule has 8 heteroatoms. The van der Waals surface area contributed by atoms with E-state index in [1.165, 1.54) is 6.39 Å². The quantitative estimate of drug-likeness (QED) is 0.613. The van der Waals surface area contributed by atoms with Gasteiger partial charge in [0.1, 0.15) is 11.9 Å². The zero-order valence-electron chi connectivity index (χ0n) is 18.7. The third-order valence-corrected chi connectivity index (χ3v) is 6.42. The van der Waals surface area contributed by atoms with Crippen LogP contribution in [0, 0.1) is 18.3 Å². The Balaban J connectivity index is 1.50. The predicted octanol–water partition coefficient (Wildman–Crippen LogP) is 3.34. The maximum absolute atomic E-state index is 13.0.